The van der Waals surface area contributed by atoms with E-state index in [9.17, 15) is 0 Å². The molecule has 0 radical (unpaired) electrons. The molecular formula is C18H30ClNS. The Morgan fingerprint density at radius 3 is 2.71 bits per heavy atom. The first-order valence-electron chi connectivity index (χ1n) is 8.55. The minimum absolute atomic E-state index is 0.823. The molecular weight excluding hydrogens is 298 g/mol. The second-order valence-corrected chi connectivity index (χ2v) is 8.75. The second kappa shape index (κ2) is 8.55. The van der Waals surface area contributed by atoms with E-state index in [1.807, 2.05) is 0 Å². The van der Waals surface area contributed by atoms with Gasteiger partial charge in [-0.25, -0.2) is 0 Å². The maximum atomic E-state index is 6.10. The van der Waals surface area contributed by atoms with E-state index in [0.29, 0.717) is 0 Å². The summed E-state index contributed by atoms with van der Waals surface area (Å²) >= 11 is 7.87. The lowest BCUT2D eigenvalue weighted by Crippen LogP contribution is -2.35. The van der Waals surface area contributed by atoms with Gasteiger partial charge >= 0.3 is 0 Å². The predicted molar refractivity (Wildman–Crippen MR) is 95.4 cm³/mol. The van der Waals surface area contributed by atoms with Crippen LogP contribution in [-0.2, 0) is 6.42 Å². The van der Waals surface area contributed by atoms with Gasteiger partial charge in [-0.1, -0.05) is 32.4 Å². The van der Waals surface area contributed by atoms with Gasteiger partial charge in [0.15, 0.2) is 0 Å². The first kappa shape index (κ1) is 17.3. The maximum Gasteiger partial charge on any atom is 0.0931 e. The van der Waals surface area contributed by atoms with Gasteiger partial charge in [0.2, 0.25) is 0 Å². The maximum absolute atomic E-state index is 6.10. The van der Waals surface area contributed by atoms with Crippen LogP contribution in [0.25, 0.3) is 0 Å². The summed E-state index contributed by atoms with van der Waals surface area (Å²) in [4.78, 5) is 1.47. The van der Waals surface area contributed by atoms with Crippen LogP contribution < -0.4 is 5.32 Å². The summed E-state index contributed by atoms with van der Waals surface area (Å²) in [5.74, 6) is 3.40. The van der Waals surface area contributed by atoms with E-state index in [0.717, 1.165) is 34.6 Å². The van der Waals surface area contributed by atoms with Crippen LogP contribution >= 0.6 is 22.9 Å². The second-order valence-electron chi connectivity index (χ2n) is 6.95. The van der Waals surface area contributed by atoms with Gasteiger partial charge < -0.3 is 5.32 Å². The molecule has 0 saturated heterocycles. The highest BCUT2D eigenvalue weighted by Crippen LogP contribution is 2.40. The van der Waals surface area contributed by atoms with Crippen molar-refractivity contribution in [2.45, 2.75) is 52.9 Å². The van der Waals surface area contributed by atoms with Gasteiger partial charge in [0.05, 0.1) is 4.34 Å². The van der Waals surface area contributed by atoms with Gasteiger partial charge in [0.25, 0.3) is 0 Å². The minimum atomic E-state index is 0.823. The Kier molecular flexibility index (Phi) is 7.04. The lowest BCUT2D eigenvalue weighted by atomic mass is 9.69. The molecule has 0 amide bonds. The van der Waals surface area contributed by atoms with E-state index in [1.54, 1.807) is 11.3 Å². The smallest absolute Gasteiger partial charge is 0.0931 e. The van der Waals surface area contributed by atoms with Gasteiger partial charge in [0.1, 0.15) is 0 Å². The summed E-state index contributed by atoms with van der Waals surface area (Å²) in [6.07, 6.45) is 6.65. The van der Waals surface area contributed by atoms with Crippen LogP contribution in [0.15, 0.2) is 12.1 Å². The van der Waals surface area contributed by atoms with Crippen molar-refractivity contribution in [2.75, 3.05) is 13.1 Å². The highest BCUT2D eigenvalue weighted by molar-refractivity contribution is 7.16. The third-order valence-electron chi connectivity index (χ3n) is 5.05. The summed E-state index contributed by atoms with van der Waals surface area (Å²) in [5, 5.41) is 3.65. The van der Waals surface area contributed by atoms with Gasteiger partial charge in [-0.05, 0) is 81.0 Å². The number of halogens is 1. The highest BCUT2D eigenvalue weighted by atomic mass is 35.5. The number of nitrogens with one attached hydrogen (secondary N) is 1. The summed E-state index contributed by atoms with van der Waals surface area (Å²) in [6, 6.07) is 4.27. The molecule has 0 aliphatic heterocycles. The van der Waals surface area contributed by atoms with Crippen LogP contribution in [-0.4, -0.2) is 13.1 Å². The Morgan fingerprint density at radius 2 is 2.10 bits per heavy atom. The average molecular weight is 328 g/mol. The molecule has 1 aromatic rings. The fourth-order valence-corrected chi connectivity index (χ4v) is 4.85. The fourth-order valence-electron chi connectivity index (χ4n) is 3.67. The first-order valence-corrected chi connectivity index (χ1v) is 9.74. The Balaban J connectivity index is 1.97. The standard InChI is InChI=1S/C18H30ClNS/c1-4-9-20-12-15-6-5-14(13(2)3)10-16(15)11-17-7-8-18(19)21-17/h7-8,13-16,20H,4-6,9-12H2,1-3H3. The molecule has 0 aromatic carbocycles. The summed E-state index contributed by atoms with van der Waals surface area (Å²) < 4.78 is 0.932. The van der Waals surface area contributed by atoms with Crippen molar-refractivity contribution in [3.63, 3.8) is 0 Å². The lowest BCUT2D eigenvalue weighted by Gasteiger charge is -2.38. The van der Waals surface area contributed by atoms with Crippen molar-refractivity contribution >= 4 is 22.9 Å². The largest absolute Gasteiger partial charge is 0.316 e. The van der Waals surface area contributed by atoms with Gasteiger partial charge in [0, 0.05) is 4.88 Å². The molecule has 1 heterocycles. The summed E-state index contributed by atoms with van der Waals surface area (Å²) in [7, 11) is 0. The Bertz CT molecular complexity index is 415. The lowest BCUT2D eigenvalue weighted by molar-refractivity contribution is 0.145. The van der Waals surface area contributed by atoms with E-state index in [2.05, 4.69) is 38.2 Å². The van der Waals surface area contributed by atoms with Crippen molar-refractivity contribution in [3.05, 3.63) is 21.3 Å². The number of hydrogen-bond donors (Lipinski definition) is 1. The van der Waals surface area contributed by atoms with Crippen LogP contribution in [0.1, 0.15) is 51.3 Å². The Labute approximate surface area is 139 Å². The summed E-state index contributed by atoms with van der Waals surface area (Å²) in [5.41, 5.74) is 0. The minimum Gasteiger partial charge on any atom is -0.316 e. The SMILES string of the molecule is CCCNCC1CCC(C(C)C)CC1Cc1ccc(Cl)s1. The molecule has 1 aliphatic carbocycles. The first-order chi connectivity index (χ1) is 10.1. The van der Waals surface area contributed by atoms with Crippen molar-refractivity contribution in [2.24, 2.45) is 23.7 Å². The molecule has 0 bridgehead atoms. The Morgan fingerprint density at radius 1 is 1.29 bits per heavy atom. The van der Waals surface area contributed by atoms with E-state index >= 15 is 0 Å². The third kappa shape index (κ3) is 5.26. The quantitative estimate of drug-likeness (QED) is 0.640. The monoisotopic (exact) mass is 327 g/mol. The molecule has 3 unspecified atom stereocenters. The van der Waals surface area contributed by atoms with Crippen molar-refractivity contribution < 1.29 is 0 Å². The molecule has 1 aliphatic rings. The molecule has 3 atom stereocenters. The molecule has 1 aromatic heterocycles. The fraction of sp³-hybridized carbons (Fsp3) is 0.778. The van der Waals surface area contributed by atoms with E-state index in [4.69, 9.17) is 11.6 Å². The molecule has 0 spiro atoms. The molecule has 1 nitrogen and oxygen atoms in total. The number of hydrogen-bond acceptors (Lipinski definition) is 2. The van der Waals surface area contributed by atoms with E-state index in [-0.39, 0.29) is 0 Å². The topological polar surface area (TPSA) is 12.0 Å². The van der Waals surface area contributed by atoms with Crippen LogP contribution in [0.2, 0.25) is 4.34 Å². The van der Waals surface area contributed by atoms with E-state index < -0.39 is 0 Å². The molecule has 1 saturated carbocycles. The van der Waals surface area contributed by atoms with Gasteiger partial charge in [-0.15, -0.1) is 11.3 Å². The van der Waals surface area contributed by atoms with Crippen molar-refractivity contribution in [3.8, 4) is 0 Å². The van der Waals surface area contributed by atoms with E-state index in [1.165, 1.54) is 43.5 Å². The van der Waals surface area contributed by atoms with Crippen LogP contribution in [0.5, 0.6) is 0 Å². The molecule has 3 heteroatoms. The van der Waals surface area contributed by atoms with Crippen molar-refractivity contribution in [1.29, 1.82) is 0 Å². The van der Waals surface area contributed by atoms with Crippen LogP contribution in [0.3, 0.4) is 0 Å². The molecule has 2 rings (SSSR count). The zero-order chi connectivity index (χ0) is 15.2. The van der Waals surface area contributed by atoms with Gasteiger partial charge in [-0.2, -0.15) is 0 Å². The zero-order valence-corrected chi connectivity index (χ0v) is 15.3. The number of thiophene rings is 1. The Hall–Kier alpha value is -0.0500. The van der Waals surface area contributed by atoms with Gasteiger partial charge in [-0.3, -0.25) is 0 Å². The average Bonchev–Trinajstić information content (AvgIpc) is 2.85. The van der Waals surface area contributed by atoms with Crippen LogP contribution in [0, 0.1) is 23.7 Å². The number of rotatable bonds is 7. The molecule has 120 valence electrons. The van der Waals surface area contributed by atoms with Crippen LogP contribution in [0.4, 0.5) is 0 Å². The molecule has 21 heavy (non-hydrogen) atoms. The highest BCUT2D eigenvalue weighted by Gasteiger charge is 2.31. The predicted octanol–water partition coefficient (Wildman–Crippen LogP) is 5.63. The summed E-state index contributed by atoms with van der Waals surface area (Å²) in [6.45, 7) is 9.37. The van der Waals surface area contributed by atoms with Crippen molar-refractivity contribution in [1.82, 2.24) is 5.32 Å². The molecule has 1 N–H and O–H groups in total. The molecule has 1 fully saturated rings. The normalized spacial score (nSPS) is 26.4. The third-order valence-corrected chi connectivity index (χ3v) is 6.30. The zero-order valence-electron chi connectivity index (χ0n) is 13.7.